The standard InChI is InChI=1S/C17H21N3O/c1-17(9-5-4-8-14(17)18)16-19-15(20-21-16)13-10-11-6-2-3-7-12(11)13/h2-3,6-7,13-14H,4-5,8-10,18H2,1H3. The zero-order valence-corrected chi connectivity index (χ0v) is 12.4. The number of nitrogens with two attached hydrogens (primary N) is 1. The van der Waals surface area contributed by atoms with E-state index >= 15 is 0 Å². The number of aromatic nitrogens is 2. The van der Waals surface area contributed by atoms with Crippen LogP contribution >= 0.6 is 0 Å². The van der Waals surface area contributed by atoms with Gasteiger partial charge in [-0.25, -0.2) is 0 Å². The lowest BCUT2D eigenvalue weighted by Crippen LogP contribution is -2.45. The molecule has 4 rings (SSSR count). The van der Waals surface area contributed by atoms with Gasteiger partial charge in [-0.1, -0.05) is 42.3 Å². The van der Waals surface area contributed by atoms with Crippen molar-refractivity contribution < 1.29 is 4.52 Å². The van der Waals surface area contributed by atoms with Crippen LogP contribution in [0, 0.1) is 0 Å². The summed E-state index contributed by atoms with van der Waals surface area (Å²) in [6, 6.07) is 8.61. The molecule has 1 aromatic heterocycles. The number of benzene rings is 1. The third kappa shape index (κ3) is 1.93. The zero-order valence-electron chi connectivity index (χ0n) is 12.4. The molecule has 3 unspecified atom stereocenters. The number of rotatable bonds is 2. The molecule has 21 heavy (non-hydrogen) atoms. The topological polar surface area (TPSA) is 64.9 Å². The van der Waals surface area contributed by atoms with Gasteiger partial charge in [0.2, 0.25) is 5.89 Å². The van der Waals surface area contributed by atoms with Gasteiger partial charge >= 0.3 is 0 Å². The fourth-order valence-electron chi connectivity index (χ4n) is 3.72. The van der Waals surface area contributed by atoms with Crippen molar-refractivity contribution in [3.63, 3.8) is 0 Å². The van der Waals surface area contributed by atoms with Gasteiger partial charge in [0.05, 0.1) is 11.3 Å². The molecule has 0 spiro atoms. The predicted molar refractivity (Wildman–Crippen MR) is 80.1 cm³/mol. The molecule has 0 radical (unpaired) electrons. The van der Waals surface area contributed by atoms with Crippen molar-refractivity contribution in [2.45, 2.75) is 56.4 Å². The quantitative estimate of drug-likeness (QED) is 0.920. The van der Waals surface area contributed by atoms with Gasteiger partial charge in [0.25, 0.3) is 0 Å². The smallest absolute Gasteiger partial charge is 0.234 e. The minimum absolute atomic E-state index is 0.119. The molecule has 0 amide bonds. The summed E-state index contributed by atoms with van der Waals surface area (Å²) in [5.74, 6) is 1.85. The number of hydrogen-bond donors (Lipinski definition) is 1. The van der Waals surface area contributed by atoms with E-state index in [1.54, 1.807) is 0 Å². The second kappa shape index (κ2) is 4.67. The summed E-state index contributed by atoms with van der Waals surface area (Å²) in [4.78, 5) is 4.72. The van der Waals surface area contributed by atoms with Crippen LogP contribution in [0.25, 0.3) is 0 Å². The maximum absolute atomic E-state index is 6.33. The second-order valence-electron chi connectivity index (χ2n) is 6.68. The van der Waals surface area contributed by atoms with E-state index < -0.39 is 0 Å². The fraction of sp³-hybridized carbons (Fsp3) is 0.529. The predicted octanol–water partition coefficient (Wildman–Crippen LogP) is 2.92. The number of fused-ring (bicyclic) bond motifs is 1. The van der Waals surface area contributed by atoms with Gasteiger partial charge in [-0.05, 0) is 37.3 Å². The first-order valence-electron chi connectivity index (χ1n) is 7.86. The Morgan fingerprint density at radius 3 is 2.95 bits per heavy atom. The van der Waals surface area contributed by atoms with E-state index in [0.29, 0.717) is 5.92 Å². The van der Waals surface area contributed by atoms with Crippen LogP contribution in [-0.2, 0) is 11.8 Å². The Balaban J connectivity index is 1.62. The van der Waals surface area contributed by atoms with Crippen LogP contribution in [0.2, 0.25) is 0 Å². The average molecular weight is 283 g/mol. The number of hydrogen-bond acceptors (Lipinski definition) is 4. The maximum Gasteiger partial charge on any atom is 0.234 e. The van der Waals surface area contributed by atoms with Gasteiger partial charge in [0.1, 0.15) is 0 Å². The van der Waals surface area contributed by atoms with Crippen molar-refractivity contribution in [2.75, 3.05) is 0 Å². The minimum atomic E-state index is -0.160. The molecule has 1 saturated carbocycles. The Kier molecular flexibility index (Phi) is 2.89. The van der Waals surface area contributed by atoms with Gasteiger partial charge in [-0.2, -0.15) is 4.98 Å². The van der Waals surface area contributed by atoms with Crippen molar-refractivity contribution in [3.8, 4) is 0 Å². The monoisotopic (exact) mass is 283 g/mol. The average Bonchev–Trinajstić information content (AvgIpc) is 2.94. The van der Waals surface area contributed by atoms with Crippen LogP contribution in [0.5, 0.6) is 0 Å². The van der Waals surface area contributed by atoms with E-state index in [4.69, 9.17) is 15.2 Å². The molecular weight excluding hydrogens is 262 g/mol. The van der Waals surface area contributed by atoms with Gasteiger partial charge in [0.15, 0.2) is 5.82 Å². The first-order valence-corrected chi connectivity index (χ1v) is 7.86. The first kappa shape index (κ1) is 13.0. The molecule has 2 N–H and O–H groups in total. The molecule has 110 valence electrons. The summed E-state index contributed by atoms with van der Waals surface area (Å²) < 4.78 is 5.61. The highest BCUT2D eigenvalue weighted by Gasteiger charge is 2.42. The highest BCUT2D eigenvalue weighted by Crippen LogP contribution is 2.41. The first-order chi connectivity index (χ1) is 10.2. The van der Waals surface area contributed by atoms with E-state index in [0.717, 1.165) is 31.0 Å². The summed E-state index contributed by atoms with van der Waals surface area (Å²) in [5, 5.41) is 4.25. The lowest BCUT2D eigenvalue weighted by molar-refractivity contribution is 0.202. The molecule has 4 nitrogen and oxygen atoms in total. The molecule has 1 fully saturated rings. The summed E-state index contributed by atoms with van der Waals surface area (Å²) in [7, 11) is 0. The van der Waals surface area contributed by atoms with Gasteiger partial charge in [-0.15, -0.1) is 0 Å². The third-order valence-electron chi connectivity index (χ3n) is 5.38. The molecule has 2 aromatic rings. The molecule has 1 aromatic carbocycles. The zero-order chi connectivity index (χ0) is 14.4. The van der Waals surface area contributed by atoms with Crippen molar-refractivity contribution in [3.05, 3.63) is 47.1 Å². The van der Waals surface area contributed by atoms with Gasteiger partial charge in [0, 0.05) is 6.04 Å². The van der Waals surface area contributed by atoms with Crippen LogP contribution in [0.3, 0.4) is 0 Å². The Morgan fingerprint density at radius 2 is 2.14 bits per heavy atom. The molecule has 3 atom stereocenters. The Hall–Kier alpha value is -1.68. The van der Waals surface area contributed by atoms with Crippen LogP contribution in [0.15, 0.2) is 28.8 Å². The summed E-state index contributed by atoms with van der Waals surface area (Å²) in [6.45, 7) is 2.17. The summed E-state index contributed by atoms with van der Waals surface area (Å²) in [5.41, 5.74) is 8.90. The molecular formula is C17H21N3O. The van der Waals surface area contributed by atoms with Crippen molar-refractivity contribution in [2.24, 2.45) is 5.73 Å². The highest BCUT2D eigenvalue weighted by molar-refractivity contribution is 5.43. The Morgan fingerprint density at radius 1 is 1.29 bits per heavy atom. The molecule has 0 saturated heterocycles. The lowest BCUT2D eigenvalue weighted by atomic mass is 9.72. The van der Waals surface area contributed by atoms with E-state index in [2.05, 4.69) is 36.3 Å². The lowest BCUT2D eigenvalue weighted by Gasteiger charge is -2.36. The Labute approximate surface area is 124 Å². The highest BCUT2D eigenvalue weighted by atomic mass is 16.5. The second-order valence-corrected chi connectivity index (χ2v) is 6.68. The fourth-order valence-corrected chi connectivity index (χ4v) is 3.72. The van der Waals surface area contributed by atoms with Crippen LogP contribution < -0.4 is 5.73 Å². The van der Waals surface area contributed by atoms with Gasteiger partial charge < -0.3 is 10.3 Å². The SMILES string of the molecule is CC1(c2nc(C3Cc4ccccc43)no2)CCCCC1N. The number of nitrogens with zero attached hydrogens (tertiary/aromatic N) is 2. The molecule has 2 aliphatic rings. The molecule has 0 bridgehead atoms. The normalized spacial score (nSPS) is 31.5. The third-order valence-corrected chi connectivity index (χ3v) is 5.38. The molecule has 1 heterocycles. The van der Waals surface area contributed by atoms with Crippen LogP contribution in [0.1, 0.15) is 61.4 Å². The minimum Gasteiger partial charge on any atom is -0.339 e. The largest absolute Gasteiger partial charge is 0.339 e. The molecule has 4 heteroatoms. The van der Waals surface area contributed by atoms with Crippen LogP contribution in [0.4, 0.5) is 0 Å². The van der Waals surface area contributed by atoms with Crippen molar-refractivity contribution in [1.29, 1.82) is 0 Å². The van der Waals surface area contributed by atoms with E-state index in [1.165, 1.54) is 24.0 Å². The Bertz CT molecular complexity index is 666. The maximum atomic E-state index is 6.33. The van der Waals surface area contributed by atoms with Crippen molar-refractivity contribution in [1.82, 2.24) is 10.1 Å². The van der Waals surface area contributed by atoms with Crippen molar-refractivity contribution >= 4 is 0 Å². The summed E-state index contributed by atoms with van der Waals surface area (Å²) in [6.07, 6.45) is 5.48. The van der Waals surface area contributed by atoms with Gasteiger partial charge in [-0.3, -0.25) is 0 Å². The molecule has 0 aliphatic heterocycles. The summed E-state index contributed by atoms with van der Waals surface area (Å²) >= 11 is 0. The van der Waals surface area contributed by atoms with E-state index in [-0.39, 0.29) is 11.5 Å². The van der Waals surface area contributed by atoms with E-state index in [9.17, 15) is 0 Å². The van der Waals surface area contributed by atoms with Crippen LogP contribution in [-0.4, -0.2) is 16.2 Å². The molecule has 2 aliphatic carbocycles. The van der Waals surface area contributed by atoms with E-state index in [1.807, 2.05) is 0 Å².